The molecule has 0 aliphatic heterocycles. The Labute approximate surface area is 159 Å². The van der Waals surface area contributed by atoms with Crippen molar-refractivity contribution in [2.24, 2.45) is 5.41 Å². The number of anilines is 1. The van der Waals surface area contributed by atoms with Gasteiger partial charge in [0.25, 0.3) is 0 Å². The van der Waals surface area contributed by atoms with Crippen molar-refractivity contribution in [2.45, 2.75) is 32.1 Å². The molecule has 134 valence electrons. The van der Waals surface area contributed by atoms with Gasteiger partial charge in [0.2, 0.25) is 5.91 Å². The number of aryl methyl sites for hydroxylation is 1. The zero-order valence-electron chi connectivity index (χ0n) is 15.6. The van der Waals surface area contributed by atoms with E-state index < -0.39 is 5.41 Å². The molecule has 3 aliphatic rings. The van der Waals surface area contributed by atoms with Crippen molar-refractivity contribution >= 4 is 11.7 Å². The molecule has 1 aromatic heterocycles. The Morgan fingerprint density at radius 3 is 2.11 bits per heavy atom. The molecule has 3 aromatic rings. The molecule has 1 N–H and O–H groups in total. The molecule has 2 aromatic carbocycles. The van der Waals surface area contributed by atoms with Gasteiger partial charge in [-0.2, -0.15) is 0 Å². The Hall–Kier alpha value is -2.94. The molecule has 1 heterocycles. The van der Waals surface area contributed by atoms with Gasteiger partial charge in [0.05, 0.1) is 5.41 Å². The molecule has 0 saturated heterocycles. The van der Waals surface area contributed by atoms with E-state index in [0.29, 0.717) is 5.82 Å². The first kappa shape index (κ1) is 16.2. The average molecular weight is 354 g/mol. The van der Waals surface area contributed by atoms with Crippen molar-refractivity contribution in [1.29, 1.82) is 0 Å². The Morgan fingerprint density at radius 1 is 0.963 bits per heavy atom. The first-order chi connectivity index (χ1) is 13.1. The number of fused-ring (bicyclic) bond motifs is 1. The van der Waals surface area contributed by atoms with Crippen LogP contribution in [0.15, 0.2) is 66.9 Å². The Bertz CT molecular complexity index is 993. The fraction of sp³-hybridized carbons (Fsp3) is 0.250. The highest BCUT2D eigenvalue weighted by Crippen LogP contribution is 2.61. The summed E-state index contributed by atoms with van der Waals surface area (Å²) >= 11 is 0. The molecule has 0 saturated carbocycles. The number of carbonyl (C=O) groups excluding carboxylic acids is 1. The van der Waals surface area contributed by atoms with Gasteiger partial charge in [-0.25, -0.2) is 4.98 Å². The molecule has 0 fully saturated rings. The van der Waals surface area contributed by atoms with Gasteiger partial charge in [-0.15, -0.1) is 0 Å². The van der Waals surface area contributed by atoms with Crippen LogP contribution in [0.3, 0.4) is 0 Å². The van der Waals surface area contributed by atoms with Crippen LogP contribution in [-0.2, 0) is 4.79 Å². The molecule has 0 spiro atoms. The van der Waals surface area contributed by atoms with Crippen LogP contribution in [0.2, 0.25) is 0 Å². The van der Waals surface area contributed by atoms with Crippen molar-refractivity contribution in [2.75, 3.05) is 5.32 Å². The molecule has 2 bridgehead atoms. The lowest BCUT2D eigenvalue weighted by Crippen LogP contribution is -2.47. The number of amides is 1. The molecule has 3 heteroatoms. The summed E-state index contributed by atoms with van der Waals surface area (Å²) in [4.78, 5) is 17.8. The number of nitrogens with one attached hydrogen (secondary N) is 1. The third-order valence-corrected chi connectivity index (χ3v) is 6.30. The summed E-state index contributed by atoms with van der Waals surface area (Å²) in [6.45, 7) is 4.11. The Balaban J connectivity index is 1.59. The predicted octanol–water partition coefficient (Wildman–Crippen LogP) is 5.02. The first-order valence-electron chi connectivity index (χ1n) is 9.50. The molecular formula is C24H22N2O. The summed E-state index contributed by atoms with van der Waals surface area (Å²) in [5, 5.41) is 3.08. The minimum Gasteiger partial charge on any atom is -0.310 e. The fourth-order valence-corrected chi connectivity index (χ4v) is 4.99. The van der Waals surface area contributed by atoms with Crippen LogP contribution < -0.4 is 5.32 Å². The van der Waals surface area contributed by atoms with Gasteiger partial charge in [-0.3, -0.25) is 4.79 Å². The molecule has 0 unspecified atom stereocenters. The van der Waals surface area contributed by atoms with Gasteiger partial charge in [-0.05, 0) is 54.2 Å². The average Bonchev–Trinajstić information content (AvgIpc) is 2.70. The van der Waals surface area contributed by atoms with E-state index in [0.717, 1.165) is 12.0 Å². The second kappa shape index (κ2) is 5.78. The lowest BCUT2D eigenvalue weighted by molar-refractivity contribution is -0.126. The standard InChI is InChI=1S/C24H22N2O/c1-15-11-12-21(25-14-15)26-23(27)24(2)13-20-16-7-3-5-9-18(16)22(24)19-10-6-4-8-17(19)20/h3-12,14,20,22H,13H2,1-2H3,(H,25,26,27)/t20?,22?,24-/m1/s1. The molecular weight excluding hydrogens is 332 g/mol. The van der Waals surface area contributed by atoms with Crippen LogP contribution in [0, 0.1) is 12.3 Å². The van der Waals surface area contributed by atoms with Crippen LogP contribution >= 0.6 is 0 Å². The smallest absolute Gasteiger partial charge is 0.232 e. The minimum absolute atomic E-state index is 0.0536. The molecule has 3 aliphatic carbocycles. The lowest BCUT2D eigenvalue weighted by atomic mass is 9.52. The molecule has 1 amide bonds. The highest BCUT2D eigenvalue weighted by Gasteiger charge is 2.53. The summed E-state index contributed by atoms with van der Waals surface area (Å²) in [6, 6.07) is 21.1. The van der Waals surface area contributed by atoms with Crippen LogP contribution in [0.5, 0.6) is 0 Å². The SMILES string of the molecule is Cc1ccc(NC(=O)[C@]2(C)CC3c4ccccc4C2c2ccccc23)nc1. The number of benzene rings is 2. The van der Waals surface area contributed by atoms with Crippen molar-refractivity contribution in [3.8, 4) is 0 Å². The van der Waals surface area contributed by atoms with Crippen LogP contribution in [-0.4, -0.2) is 10.9 Å². The van der Waals surface area contributed by atoms with Crippen LogP contribution in [0.1, 0.15) is 53.0 Å². The second-order valence-electron chi connectivity index (χ2n) is 8.04. The third kappa shape index (κ3) is 2.34. The van der Waals surface area contributed by atoms with Crippen molar-refractivity contribution in [1.82, 2.24) is 4.98 Å². The fourth-order valence-electron chi connectivity index (χ4n) is 4.99. The maximum atomic E-state index is 13.4. The van der Waals surface area contributed by atoms with Crippen LogP contribution in [0.25, 0.3) is 0 Å². The molecule has 27 heavy (non-hydrogen) atoms. The van der Waals surface area contributed by atoms with E-state index in [1.807, 2.05) is 19.1 Å². The minimum atomic E-state index is -0.500. The summed E-state index contributed by atoms with van der Waals surface area (Å²) in [5.41, 5.74) is 5.92. The number of aromatic nitrogens is 1. The van der Waals surface area contributed by atoms with E-state index >= 15 is 0 Å². The van der Waals surface area contributed by atoms with Crippen molar-refractivity contribution in [3.63, 3.8) is 0 Å². The van der Waals surface area contributed by atoms with Gasteiger partial charge in [0.1, 0.15) is 5.82 Å². The van der Waals surface area contributed by atoms with Gasteiger partial charge in [-0.1, -0.05) is 54.6 Å². The zero-order valence-corrected chi connectivity index (χ0v) is 15.6. The van der Waals surface area contributed by atoms with E-state index in [2.05, 4.69) is 65.8 Å². The highest BCUT2D eigenvalue weighted by molar-refractivity contribution is 5.96. The Kier molecular flexibility index (Phi) is 3.48. The zero-order chi connectivity index (χ0) is 18.6. The summed E-state index contributed by atoms with van der Waals surface area (Å²) in [5.74, 6) is 1.01. The summed E-state index contributed by atoms with van der Waals surface area (Å²) < 4.78 is 0. The predicted molar refractivity (Wildman–Crippen MR) is 107 cm³/mol. The van der Waals surface area contributed by atoms with E-state index in [4.69, 9.17) is 0 Å². The molecule has 0 radical (unpaired) electrons. The van der Waals surface area contributed by atoms with E-state index in [9.17, 15) is 4.79 Å². The van der Waals surface area contributed by atoms with Crippen molar-refractivity contribution in [3.05, 3.63) is 94.7 Å². The maximum Gasteiger partial charge on any atom is 0.232 e. The number of hydrogen-bond donors (Lipinski definition) is 1. The number of pyridine rings is 1. The topological polar surface area (TPSA) is 42.0 Å². The molecule has 1 atom stereocenters. The number of nitrogens with zero attached hydrogens (tertiary/aromatic N) is 1. The van der Waals surface area contributed by atoms with Gasteiger partial charge >= 0.3 is 0 Å². The van der Waals surface area contributed by atoms with Gasteiger partial charge in [0, 0.05) is 18.0 Å². The molecule has 6 rings (SSSR count). The Morgan fingerprint density at radius 2 is 1.56 bits per heavy atom. The summed E-state index contributed by atoms with van der Waals surface area (Å²) in [7, 11) is 0. The maximum absolute atomic E-state index is 13.4. The second-order valence-corrected chi connectivity index (χ2v) is 8.04. The molecule has 3 nitrogen and oxygen atoms in total. The monoisotopic (exact) mass is 354 g/mol. The van der Waals surface area contributed by atoms with E-state index in [1.54, 1.807) is 6.20 Å². The number of carbonyl (C=O) groups is 1. The lowest BCUT2D eigenvalue weighted by Gasteiger charge is -2.50. The number of hydrogen-bond acceptors (Lipinski definition) is 2. The number of rotatable bonds is 2. The van der Waals surface area contributed by atoms with Gasteiger partial charge < -0.3 is 5.32 Å². The first-order valence-corrected chi connectivity index (χ1v) is 9.50. The van der Waals surface area contributed by atoms with Gasteiger partial charge in [0.15, 0.2) is 0 Å². The summed E-state index contributed by atoms with van der Waals surface area (Å²) in [6.07, 6.45) is 2.61. The van der Waals surface area contributed by atoms with E-state index in [1.165, 1.54) is 22.3 Å². The third-order valence-electron chi connectivity index (χ3n) is 6.30. The van der Waals surface area contributed by atoms with E-state index in [-0.39, 0.29) is 17.7 Å². The quantitative estimate of drug-likeness (QED) is 0.702. The highest BCUT2D eigenvalue weighted by atomic mass is 16.2. The van der Waals surface area contributed by atoms with Crippen molar-refractivity contribution < 1.29 is 4.79 Å². The van der Waals surface area contributed by atoms with Crippen LogP contribution in [0.4, 0.5) is 5.82 Å². The normalized spacial score (nSPS) is 24.8. The largest absolute Gasteiger partial charge is 0.310 e.